The van der Waals surface area contributed by atoms with Crippen molar-refractivity contribution in [3.05, 3.63) is 35.4 Å². The molecule has 0 spiro atoms. The van der Waals surface area contributed by atoms with Crippen LogP contribution in [-0.4, -0.2) is 36.4 Å². The third kappa shape index (κ3) is 5.87. The number of likely N-dealkylation sites (tertiary alicyclic amines) is 1. The molecule has 1 heterocycles. The van der Waals surface area contributed by atoms with Gasteiger partial charge in [0, 0.05) is 32.6 Å². The van der Waals surface area contributed by atoms with Crippen molar-refractivity contribution in [2.45, 2.75) is 52.6 Å². The van der Waals surface area contributed by atoms with Crippen molar-refractivity contribution in [2.24, 2.45) is 4.99 Å². The number of nitrogens with zero attached hydrogens (tertiary/aromatic N) is 2. The van der Waals surface area contributed by atoms with Crippen molar-refractivity contribution in [3.8, 4) is 0 Å². The molecule has 2 rings (SSSR count). The summed E-state index contributed by atoms with van der Waals surface area (Å²) in [5.74, 6) is 1.15. The minimum absolute atomic E-state index is 0.275. The molecule has 1 amide bonds. The number of nitrogens with one attached hydrogen (secondary N) is 2. The molecule has 1 aromatic rings. The van der Waals surface area contributed by atoms with Gasteiger partial charge in [0.1, 0.15) is 0 Å². The zero-order valence-electron chi connectivity index (χ0n) is 15.0. The number of carbonyl (C=O) groups is 1. The summed E-state index contributed by atoms with van der Waals surface area (Å²) in [5, 5.41) is 6.62. The number of rotatable bonds is 8. The standard InChI is InChI=1S/C19H30N4O/c1-3-5-12-21-19(20-4-2)22-14-16-8-10-17(11-9-16)15-23-13-6-7-18(23)24/h8-11H,3-7,12-15H2,1-2H3,(H2,20,21,22). The number of hydrogen-bond acceptors (Lipinski definition) is 2. The zero-order valence-corrected chi connectivity index (χ0v) is 15.0. The molecule has 1 aliphatic rings. The van der Waals surface area contributed by atoms with Crippen molar-refractivity contribution in [1.29, 1.82) is 0 Å². The lowest BCUT2D eigenvalue weighted by molar-refractivity contribution is -0.128. The van der Waals surface area contributed by atoms with E-state index in [-0.39, 0.29) is 5.91 Å². The lowest BCUT2D eigenvalue weighted by atomic mass is 10.1. The van der Waals surface area contributed by atoms with Crippen LogP contribution in [0, 0.1) is 0 Å². The smallest absolute Gasteiger partial charge is 0.222 e. The number of carbonyl (C=O) groups excluding carboxylic acids is 1. The largest absolute Gasteiger partial charge is 0.357 e. The zero-order chi connectivity index (χ0) is 17.2. The first-order valence-corrected chi connectivity index (χ1v) is 9.10. The number of benzene rings is 1. The SMILES string of the molecule is CCCCNC(=NCc1ccc(CN2CCCC2=O)cc1)NCC. The van der Waals surface area contributed by atoms with E-state index in [1.54, 1.807) is 0 Å². The lowest BCUT2D eigenvalue weighted by Gasteiger charge is -2.15. The molecule has 1 fully saturated rings. The van der Waals surface area contributed by atoms with Crippen LogP contribution in [0.15, 0.2) is 29.3 Å². The molecule has 24 heavy (non-hydrogen) atoms. The summed E-state index contributed by atoms with van der Waals surface area (Å²) in [7, 11) is 0. The number of unbranched alkanes of at least 4 members (excludes halogenated alkanes) is 1. The summed E-state index contributed by atoms with van der Waals surface area (Å²) in [6.45, 7) is 8.34. The fraction of sp³-hybridized carbons (Fsp3) is 0.579. The molecule has 0 aromatic heterocycles. The van der Waals surface area contributed by atoms with Gasteiger partial charge in [0.25, 0.3) is 0 Å². The number of hydrogen-bond donors (Lipinski definition) is 2. The summed E-state index contributed by atoms with van der Waals surface area (Å²) in [6, 6.07) is 8.42. The molecule has 0 unspecified atom stereocenters. The van der Waals surface area contributed by atoms with Gasteiger partial charge in [-0.1, -0.05) is 37.6 Å². The highest BCUT2D eigenvalue weighted by Gasteiger charge is 2.19. The second kappa shape index (κ2) is 9.96. The minimum Gasteiger partial charge on any atom is -0.357 e. The average Bonchev–Trinajstić information content (AvgIpc) is 2.99. The van der Waals surface area contributed by atoms with E-state index < -0.39 is 0 Å². The maximum absolute atomic E-state index is 11.7. The molecule has 1 saturated heterocycles. The highest BCUT2D eigenvalue weighted by Crippen LogP contribution is 2.15. The van der Waals surface area contributed by atoms with Crippen LogP contribution in [0.1, 0.15) is 50.7 Å². The molecule has 0 aliphatic carbocycles. The summed E-state index contributed by atoms with van der Waals surface area (Å²) in [5.41, 5.74) is 2.37. The van der Waals surface area contributed by atoms with Crippen molar-refractivity contribution in [3.63, 3.8) is 0 Å². The normalized spacial score (nSPS) is 15.0. The minimum atomic E-state index is 0.275. The summed E-state index contributed by atoms with van der Waals surface area (Å²) in [4.78, 5) is 18.3. The van der Waals surface area contributed by atoms with Crippen molar-refractivity contribution < 1.29 is 4.79 Å². The van der Waals surface area contributed by atoms with Gasteiger partial charge in [0.05, 0.1) is 6.54 Å². The summed E-state index contributed by atoms with van der Waals surface area (Å²) in [6.07, 6.45) is 4.01. The summed E-state index contributed by atoms with van der Waals surface area (Å²) >= 11 is 0. The summed E-state index contributed by atoms with van der Waals surface area (Å²) < 4.78 is 0. The maximum atomic E-state index is 11.7. The molecule has 2 N–H and O–H groups in total. The molecule has 5 heteroatoms. The predicted octanol–water partition coefficient (Wildman–Crippen LogP) is 2.66. The third-order valence-corrected chi connectivity index (χ3v) is 4.15. The second-order valence-corrected chi connectivity index (χ2v) is 6.21. The van der Waals surface area contributed by atoms with Crippen molar-refractivity contribution >= 4 is 11.9 Å². The second-order valence-electron chi connectivity index (χ2n) is 6.21. The van der Waals surface area contributed by atoms with Gasteiger partial charge in [-0.25, -0.2) is 4.99 Å². The Morgan fingerprint density at radius 2 is 1.92 bits per heavy atom. The maximum Gasteiger partial charge on any atom is 0.222 e. The van der Waals surface area contributed by atoms with Gasteiger partial charge in [-0.15, -0.1) is 0 Å². The Morgan fingerprint density at radius 1 is 1.17 bits per heavy atom. The van der Waals surface area contributed by atoms with E-state index in [0.717, 1.165) is 45.0 Å². The first-order valence-electron chi connectivity index (χ1n) is 9.10. The Bertz CT molecular complexity index is 539. The fourth-order valence-electron chi connectivity index (χ4n) is 2.74. The average molecular weight is 330 g/mol. The Morgan fingerprint density at radius 3 is 2.54 bits per heavy atom. The van der Waals surface area contributed by atoms with Gasteiger partial charge in [-0.3, -0.25) is 4.79 Å². The molecule has 0 bridgehead atoms. The first-order chi connectivity index (χ1) is 11.7. The van der Waals surface area contributed by atoms with Gasteiger partial charge in [0.2, 0.25) is 5.91 Å². The van der Waals surface area contributed by atoms with Gasteiger partial charge in [0.15, 0.2) is 5.96 Å². The Hall–Kier alpha value is -2.04. The van der Waals surface area contributed by atoms with E-state index in [1.807, 2.05) is 4.90 Å². The van der Waals surface area contributed by atoms with Crippen LogP contribution in [0.5, 0.6) is 0 Å². The lowest BCUT2D eigenvalue weighted by Crippen LogP contribution is -2.37. The van der Waals surface area contributed by atoms with E-state index in [0.29, 0.717) is 13.0 Å². The molecule has 132 valence electrons. The van der Waals surface area contributed by atoms with Crippen LogP contribution in [0.2, 0.25) is 0 Å². The van der Waals surface area contributed by atoms with E-state index in [4.69, 9.17) is 0 Å². The third-order valence-electron chi connectivity index (χ3n) is 4.15. The van der Waals surface area contributed by atoms with Gasteiger partial charge in [-0.05, 0) is 30.9 Å². The van der Waals surface area contributed by atoms with Gasteiger partial charge >= 0.3 is 0 Å². The molecule has 0 atom stereocenters. The molecular weight excluding hydrogens is 300 g/mol. The highest BCUT2D eigenvalue weighted by molar-refractivity contribution is 5.79. The van der Waals surface area contributed by atoms with Crippen LogP contribution in [0.25, 0.3) is 0 Å². The fourth-order valence-corrected chi connectivity index (χ4v) is 2.74. The Balaban J connectivity index is 1.87. The van der Waals surface area contributed by atoms with E-state index >= 15 is 0 Å². The van der Waals surface area contributed by atoms with Crippen LogP contribution >= 0.6 is 0 Å². The van der Waals surface area contributed by atoms with Crippen LogP contribution in [0.4, 0.5) is 0 Å². The van der Waals surface area contributed by atoms with E-state index in [2.05, 4.69) is 53.7 Å². The molecule has 0 radical (unpaired) electrons. The van der Waals surface area contributed by atoms with Crippen molar-refractivity contribution in [1.82, 2.24) is 15.5 Å². The first kappa shape index (κ1) is 18.3. The van der Waals surface area contributed by atoms with Crippen molar-refractivity contribution in [2.75, 3.05) is 19.6 Å². The monoisotopic (exact) mass is 330 g/mol. The van der Waals surface area contributed by atoms with Crippen LogP contribution < -0.4 is 10.6 Å². The van der Waals surface area contributed by atoms with E-state index in [1.165, 1.54) is 17.5 Å². The molecular formula is C19H30N4O. The molecule has 1 aromatic carbocycles. The van der Waals surface area contributed by atoms with Gasteiger partial charge < -0.3 is 15.5 Å². The molecule has 0 saturated carbocycles. The molecule has 1 aliphatic heterocycles. The van der Waals surface area contributed by atoms with Crippen LogP contribution in [0.3, 0.4) is 0 Å². The number of aliphatic imine (C=N–C) groups is 1. The van der Waals surface area contributed by atoms with E-state index in [9.17, 15) is 4.79 Å². The Labute approximate surface area is 145 Å². The highest BCUT2D eigenvalue weighted by atomic mass is 16.2. The predicted molar refractivity (Wildman–Crippen MR) is 98.8 cm³/mol. The Kier molecular flexibility index (Phi) is 7.59. The van der Waals surface area contributed by atoms with Gasteiger partial charge in [-0.2, -0.15) is 0 Å². The topological polar surface area (TPSA) is 56.7 Å². The number of amides is 1. The molecule has 5 nitrogen and oxygen atoms in total. The van der Waals surface area contributed by atoms with Crippen LogP contribution in [-0.2, 0) is 17.9 Å². The quantitative estimate of drug-likeness (QED) is 0.438. The number of guanidine groups is 1.